The van der Waals surface area contributed by atoms with Gasteiger partial charge in [0.05, 0.1) is 12.1 Å². The number of aliphatic carboxylic acids is 1. The Morgan fingerprint density at radius 1 is 1.17 bits per heavy atom. The maximum atomic E-state index is 11.5. The van der Waals surface area contributed by atoms with Crippen molar-refractivity contribution < 1.29 is 19.4 Å². The van der Waals surface area contributed by atoms with Crippen molar-refractivity contribution in [3.05, 3.63) is 71.6 Å². The van der Waals surface area contributed by atoms with Gasteiger partial charge >= 0.3 is 12.1 Å². The van der Waals surface area contributed by atoms with Crippen LogP contribution in [0.5, 0.6) is 0 Å². The smallest absolute Gasteiger partial charge is 0.407 e. The normalized spacial score (nSPS) is 10.5. The van der Waals surface area contributed by atoms with Crippen LogP contribution in [-0.2, 0) is 22.6 Å². The number of benzene rings is 1. The molecule has 0 fully saturated rings. The molecule has 2 N–H and O–H groups in total. The van der Waals surface area contributed by atoms with E-state index < -0.39 is 12.1 Å². The van der Waals surface area contributed by atoms with E-state index in [0.29, 0.717) is 12.2 Å². The topological polar surface area (TPSA) is 88.5 Å². The molecule has 0 bridgehead atoms. The summed E-state index contributed by atoms with van der Waals surface area (Å²) in [6.45, 7) is 0.551. The Morgan fingerprint density at radius 3 is 2.62 bits per heavy atom. The number of aromatic nitrogens is 1. The summed E-state index contributed by atoms with van der Waals surface area (Å²) in [5.74, 6) is -0.913. The highest BCUT2D eigenvalue weighted by atomic mass is 16.5. The van der Waals surface area contributed by atoms with Gasteiger partial charge in [0.25, 0.3) is 0 Å². The molecular weight excluding hydrogens is 308 g/mol. The average Bonchev–Trinajstić information content (AvgIpc) is 2.59. The third-order valence-electron chi connectivity index (χ3n) is 3.07. The minimum Gasteiger partial charge on any atom is -0.481 e. The molecule has 6 nitrogen and oxygen atoms in total. The number of hydrogen-bond acceptors (Lipinski definition) is 4. The Hall–Kier alpha value is -3.15. The van der Waals surface area contributed by atoms with E-state index in [9.17, 15) is 9.59 Å². The van der Waals surface area contributed by atoms with Crippen molar-refractivity contribution in [2.75, 3.05) is 6.54 Å². The standard InChI is InChI=1S/C18H18N2O4/c21-17(22)11-16-9-8-14(12-20-16)7-4-10-19-18(23)24-13-15-5-2-1-3-6-15/h1-9,12H,10-11,13H2,(H,19,23)(H,21,22). The second-order valence-corrected chi connectivity index (χ2v) is 5.00. The van der Waals surface area contributed by atoms with Crippen molar-refractivity contribution in [1.82, 2.24) is 10.3 Å². The molecule has 0 radical (unpaired) electrons. The van der Waals surface area contributed by atoms with Crippen molar-refractivity contribution in [2.24, 2.45) is 0 Å². The number of carboxylic acids is 1. The van der Waals surface area contributed by atoms with Crippen LogP contribution in [0.3, 0.4) is 0 Å². The second kappa shape index (κ2) is 9.09. The molecule has 0 saturated heterocycles. The molecule has 0 aliphatic heterocycles. The molecule has 0 atom stereocenters. The summed E-state index contributed by atoms with van der Waals surface area (Å²) >= 11 is 0. The van der Waals surface area contributed by atoms with Crippen LogP contribution in [0, 0.1) is 0 Å². The van der Waals surface area contributed by atoms with Crippen molar-refractivity contribution in [1.29, 1.82) is 0 Å². The molecule has 124 valence electrons. The lowest BCUT2D eigenvalue weighted by atomic mass is 10.2. The molecule has 2 aromatic rings. The van der Waals surface area contributed by atoms with Crippen molar-refractivity contribution in [3.8, 4) is 0 Å². The Bertz CT molecular complexity index is 697. The molecule has 1 aromatic heterocycles. The van der Waals surface area contributed by atoms with Crippen LogP contribution in [-0.4, -0.2) is 28.7 Å². The quantitative estimate of drug-likeness (QED) is 0.816. The molecule has 1 amide bonds. The first kappa shape index (κ1) is 17.2. The summed E-state index contributed by atoms with van der Waals surface area (Å²) in [5, 5.41) is 11.3. The van der Waals surface area contributed by atoms with Crippen LogP contribution in [0.2, 0.25) is 0 Å². The van der Waals surface area contributed by atoms with Crippen LogP contribution >= 0.6 is 0 Å². The lowest BCUT2D eigenvalue weighted by Crippen LogP contribution is -2.24. The Labute approximate surface area is 139 Å². The minimum atomic E-state index is -0.913. The van der Waals surface area contributed by atoms with Gasteiger partial charge in [0.2, 0.25) is 0 Å². The fourth-order valence-electron chi connectivity index (χ4n) is 1.91. The maximum Gasteiger partial charge on any atom is 0.407 e. The number of carboxylic acid groups (broad SMARTS) is 1. The highest BCUT2D eigenvalue weighted by Gasteiger charge is 2.01. The summed E-state index contributed by atoms with van der Waals surface area (Å²) in [4.78, 5) is 26.2. The molecule has 0 aliphatic rings. The van der Waals surface area contributed by atoms with Gasteiger partial charge in [0, 0.05) is 12.7 Å². The third-order valence-corrected chi connectivity index (χ3v) is 3.07. The number of carbonyl (C=O) groups excluding carboxylic acids is 1. The maximum absolute atomic E-state index is 11.5. The summed E-state index contributed by atoms with van der Waals surface area (Å²) < 4.78 is 5.08. The fraction of sp³-hybridized carbons (Fsp3) is 0.167. The zero-order chi connectivity index (χ0) is 17.2. The summed E-state index contributed by atoms with van der Waals surface area (Å²) in [6.07, 6.45) is 4.55. The number of nitrogens with zero attached hydrogens (tertiary/aromatic N) is 1. The zero-order valence-electron chi connectivity index (χ0n) is 13.0. The number of rotatable bonds is 7. The first-order valence-electron chi connectivity index (χ1n) is 7.41. The number of nitrogens with one attached hydrogen (secondary N) is 1. The van der Waals surface area contributed by atoms with Gasteiger partial charge < -0.3 is 15.2 Å². The lowest BCUT2D eigenvalue weighted by molar-refractivity contribution is -0.136. The summed E-state index contributed by atoms with van der Waals surface area (Å²) in [5.41, 5.74) is 2.25. The molecule has 0 aliphatic carbocycles. The summed E-state index contributed by atoms with van der Waals surface area (Å²) in [6, 6.07) is 12.9. The lowest BCUT2D eigenvalue weighted by Gasteiger charge is -2.05. The van der Waals surface area contributed by atoms with Gasteiger partial charge in [-0.3, -0.25) is 9.78 Å². The fourth-order valence-corrected chi connectivity index (χ4v) is 1.91. The highest BCUT2D eigenvalue weighted by Crippen LogP contribution is 2.03. The first-order valence-corrected chi connectivity index (χ1v) is 7.41. The second-order valence-electron chi connectivity index (χ2n) is 5.00. The van der Waals surface area contributed by atoms with Gasteiger partial charge in [-0.2, -0.15) is 0 Å². The van der Waals surface area contributed by atoms with Gasteiger partial charge in [-0.15, -0.1) is 0 Å². The van der Waals surface area contributed by atoms with Crippen molar-refractivity contribution in [3.63, 3.8) is 0 Å². The monoisotopic (exact) mass is 326 g/mol. The van der Waals surface area contributed by atoms with Crippen molar-refractivity contribution in [2.45, 2.75) is 13.0 Å². The average molecular weight is 326 g/mol. The predicted octanol–water partition coefficient (Wildman–Crippen LogP) is 2.65. The molecule has 24 heavy (non-hydrogen) atoms. The van der Waals surface area contributed by atoms with E-state index in [1.807, 2.05) is 30.3 Å². The molecule has 2 rings (SSSR count). The number of hydrogen-bond donors (Lipinski definition) is 2. The highest BCUT2D eigenvalue weighted by molar-refractivity contribution is 5.69. The predicted molar refractivity (Wildman–Crippen MR) is 89.2 cm³/mol. The van der Waals surface area contributed by atoms with E-state index in [-0.39, 0.29) is 13.0 Å². The molecule has 0 unspecified atom stereocenters. The van der Waals surface area contributed by atoms with E-state index in [4.69, 9.17) is 9.84 Å². The van der Waals surface area contributed by atoms with Crippen LogP contribution in [0.4, 0.5) is 4.79 Å². The number of alkyl carbamates (subject to hydrolysis) is 1. The Morgan fingerprint density at radius 2 is 1.96 bits per heavy atom. The first-order chi connectivity index (χ1) is 11.6. The van der Waals surface area contributed by atoms with Crippen molar-refractivity contribution >= 4 is 18.1 Å². The van der Waals surface area contributed by atoms with Crippen LogP contribution in [0.15, 0.2) is 54.7 Å². The molecule has 6 heteroatoms. The van der Waals surface area contributed by atoms with Gasteiger partial charge in [-0.1, -0.05) is 48.6 Å². The summed E-state index contributed by atoms with van der Waals surface area (Å²) in [7, 11) is 0. The van der Waals surface area contributed by atoms with E-state index in [2.05, 4.69) is 10.3 Å². The largest absolute Gasteiger partial charge is 0.481 e. The van der Waals surface area contributed by atoms with Gasteiger partial charge in [0.1, 0.15) is 6.61 Å². The number of amides is 1. The van der Waals surface area contributed by atoms with E-state index in [1.54, 1.807) is 30.5 Å². The number of carbonyl (C=O) groups is 2. The minimum absolute atomic E-state index is 0.0984. The van der Waals surface area contributed by atoms with E-state index in [1.165, 1.54) is 0 Å². The van der Waals surface area contributed by atoms with Gasteiger partial charge in [-0.25, -0.2) is 4.79 Å². The Kier molecular flexibility index (Phi) is 6.52. The molecule has 0 spiro atoms. The number of pyridine rings is 1. The van der Waals surface area contributed by atoms with Crippen LogP contribution in [0.1, 0.15) is 16.8 Å². The third kappa shape index (κ3) is 6.31. The van der Waals surface area contributed by atoms with Crippen LogP contribution in [0.25, 0.3) is 6.08 Å². The molecule has 1 aromatic carbocycles. The molecule has 1 heterocycles. The van der Waals surface area contributed by atoms with E-state index >= 15 is 0 Å². The molecule has 0 saturated carbocycles. The SMILES string of the molecule is O=C(O)Cc1ccc(C=CCNC(=O)OCc2ccccc2)cn1. The van der Waals surface area contributed by atoms with E-state index in [0.717, 1.165) is 11.1 Å². The zero-order valence-corrected chi connectivity index (χ0v) is 13.0. The van der Waals surface area contributed by atoms with Gasteiger partial charge in [-0.05, 0) is 17.2 Å². The van der Waals surface area contributed by atoms with Crippen LogP contribution < -0.4 is 5.32 Å². The number of ether oxygens (including phenoxy) is 1. The Balaban J connectivity index is 1.70. The van der Waals surface area contributed by atoms with Gasteiger partial charge in [0.15, 0.2) is 0 Å². The molecular formula is C18H18N2O4.